The molecule has 3 aromatic rings. The Balaban J connectivity index is 1.53. The van der Waals surface area contributed by atoms with E-state index in [2.05, 4.69) is 5.32 Å². The van der Waals surface area contributed by atoms with Gasteiger partial charge in [0.1, 0.15) is 11.9 Å². The van der Waals surface area contributed by atoms with Crippen molar-refractivity contribution in [1.82, 2.24) is 14.8 Å². The summed E-state index contributed by atoms with van der Waals surface area (Å²) in [5.41, 5.74) is 3.77. The number of nitrogens with one attached hydrogen (secondary N) is 1. The summed E-state index contributed by atoms with van der Waals surface area (Å²) in [7, 11) is 0. The highest BCUT2D eigenvalue weighted by Crippen LogP contribution is 2.39. The van der Waals surface area contributed by atoms with Gasteiger partial charge in [0.15, 0.2) is 0 Å². The molecule has 1 fully saturated rings. The van der Waals surface area contributed by atoms with Crippen LogP contribution in [0.5, 0.6) is 0 Å². The fraction of sp³-hybridized carbons (Fsp3) is 0.513. The average Bonchev–Trinajstić information content (AvgIpc) is 3.36. The third-order valence-corrected chi connectivity index (χ3v) is 9.92. The molecular formula is C39H47F4N3O5. The lowest BCUT2D eigenvalue weighted by Gasteiger charge is -2.27. The highest BCUT2D eigenvalue weighted by atomic mass is 19.4. The van der Waals surface area contributed by atoms with Crippen molar-refractivity contribution in [2.24, 2.45) is 5.92 Å². The van der Waals surface area contributed by atoms with Gasteiger partial charge in [0.05, 0.1) is 24.6 Å². The first-order valence-corrected chi connectivity index (χ1v) is 17.7. The molecule has 5 rings (SSSR count). The molecule has 0 bridgehead atoms. The van der Waals surface area contributed by atoms with Gasteiger partial charge in [-0.25, -0.2) is 4.39 Å². The Morgan fingerprint density at radius 1 is 1.00 bits per heavy atom. The second kappa shape index (κ2) is 16.1. The number of halogens is 4. The third-order valence-electron chi connectivity index (χ3n) is 9.92. The Morgan fingerprint density at radius 3 is 2.39 bits per heavy atom. The van der Waals surface area contributed by atoms with Crippen LogP contribution in [0, 0.1) is 25.6 Å². The minimum atomic E-state index is -4.77. The number of amides is 1. The second-order valence-electron chi connectivity index (χ2n) is 14.3. The predicted octanol–water partition coefficient (Wildman–Crippen LogP) is 6.96. The first kappa shape index (κ1) is 38.2. The number of carboxylic acid groups (broad SMARTS) is 1. The van der Waals surface area contributed by atoms with Crippen LogP contribution in [-0.4, -0.2) is 59.3 Å². The molecule has 8 nitrogen and oxygen atoms in total. The molecule has 2 aromatic carbocycles. The molecule has 12 heteroatoms. The molecule has 0 spiro atoms. The summed E-state index contributed by atoms with van der Waals surface area (Å²) >= 11 is 0. The van der Waals surface area contributed by atoms with Crippen molar-refractivity contribution in [3.8, 4) is 11.1 Å². The van der Waals surface area contributed by atoms with Gasteiger partial charge in [-0.05, 0) is 121 Å². The number of carbonyl (C=O) groups excluding carboxylic acids is 1. The van der Waals surface area contributed by atoms with E-state index in [0.29, 0.717) is 44.5 Å². The van der Waals surface area contributed by atoms with Crippen LogP contribution >= 0.6 is 0 Å². The molecule has 1 saturated heterocycles. The van der Waals surface area contributed by atoms with Gasteiger partial charge >= 0.3 is 12.1 Å². The van der Waals surface area contributed by atoms with Crippen LogP contribution in [0.2, 0.25) is 0 Å². The minimum Gasteiger partial charge on any atom is -0.481 e. The zero-order valence-electron chi connectivity index (χ0n) is 29.7. The van der Waals surface area contributed by atoms with Gasteiger partial charge in [0, 0.05) is 38.5 Å². The molecule has 1 amide bonds. The lowest BCUT2D eigenvalue weighted by molar-refractivity contribution is -0.139. The zero-order chi connectivity index (χ0) is 37.0. The number of carboxylic acids is 1. The number of aryl methyl sites for hydroxylation is 3. The van der Waals surface area contributed by atoms with Gasteiger partial charge < -0.3 is 24.6 Å². The normalized spacial score (nSPS) is 16.5. The number of nitrogens with zero attached hydrogens (tertiary/aromatic N) is 2. The van der Waals surface area contributed by atoms with Crippen LogP contribution < -0.4 is 10.9 Å². The van der Waals surface area contributed by atoms with Gasteiger partial charge in [-0.15, -0.1) is 0 Å². The number of pyridine rings is 1. The molecule has 276 valence electrons. The summed E-state index contributed by atoms with van der Waals surface area (Å²) in [6.07, 6.45) is -0.735. The molecule has 1 aliphatic carbocycles. The Labute approximate surface area is 295 Å². The smallest absolute Gasteiger partial charge is 0.416 e. The Hall–Kier alpha value is -4.03. The maximum absolute atomic E-state index is 14.3. The molecule has 2 N–H and O–H groups in total. The number of rotatable bonds is 12. The molecule has 2 heterocycles. The number of alkyl halides is 3. The lowest BCUT2D eigenvalue weighted by atomic mass is 9.87. The van der Waals surface area contributed by atoms with Gasteiger partial charge in [0.25, 0.3) is 5.56 Å². The van der Waals surface area contributed by atoms with Crippen LogP contribution in [0.1, 0.15) is 90.6 Å². The number of aliphatic carboxylic acids is 1. The van der Waals surface area contributed by atoms with E-state index < -0.39 is 47.7 Å². The van der Waals surface area contributed by atoms with Crippen molar-refractivity contribution in [3.05, 3.63) is 91.6 Å². The molecule has 1 aromatic heterocycles. The van der Waals surface area contributed by atoms with Crippen molar-refractivity contribution >= 4 is 11.9 Å². The van der Waals surface area contributed by atoms with E-state index in [1.165, 1.54) is 12.1 Å². The topological polar surface area (TPSA) is 101 Å². The SMILES string of the molecule is Cc1cc(F)cc(C)c1-c1cc(C(CC(=O)O)NC(=O)[C@H](CC(C)C)n2cc(CCN3CCCOCC3)c(C(F)(F)F)cc2=O)cc2c1CCC2. The summed E-state index contributed by atoms with van der Waals surface area (Å²) in [4.78, 5) is 41.9. The minimum absolute atomic E-state index is 0.00685. The van der Waals surface area contributed by atoms with E-state index in [-0.39, 0.29) is 30.1 Å². The van der Waals surface area contributed by atoms with Crippen LogP contribution in [0.3, 0.4) is 0 Å². The second-order valence-corrected chi connectivity index (χ2v) is 14.3. The number of hydrogen-bond acceptors (Lipinski definition) is 5. The molecular weight excluding hydrogens is 666 g/mol. The van der Waals surface area contributed by atoms with Gasteiger partial charge in [-0.1, -0.05) is 19.9 Å². The maximum atomic E-state index is 14.3. The summed E-state index contributed by atoms with van der Waals surface area (Å²) < 4.78 is 63.5. The molecule has 0 radical (unpaired) electrons. The number of carbonyl (C=O) groups is 2. The first-order chi connectivity index (χ1) is 24.1. The van der Waals surface area contributed by atoms with Crippen LogP contribution in [0.25, 0.3) is 11.1 Å². The maximum Gasteiger partial charge on any atom is 0.416 e. The summed E-state index contributed by atoms with van der Waals surface area (Å²) in [5.74, 6) is -2.31. The van der Waals surface area contributed by atoms with Crippen LogP contribution in [0.4, 0.5) is 17.6 Å². The monoisotopic (exact) mass is 713 g/mol. The van der Waals surface area contributed by atoms with Crippen molar-refractivity contribution in [3.63, 3.8) is 0 Å². The van der Waals surface area contributed by atoms with Crippen molar-refractivity contribution in [1.29, 1.82) is 0 Å². The molecule has 1 aliphatic heterocycles. The van der Waals surface area contributed by atoms with Crippen molar-refractivity contribution < 1.29 is 37.0 Å². The summed E-state index contributed by atoms with van der Waals surface area (Å²) in [5, 5.41) is 12.8. The average molecular weight is 714 g/mol. The summed E-state index contributed by atoms with van der Waals surface area (Å²) in [6, 6.07) is 5.04. The van der Waals surface area contributed by atoms with E-state index >= 15 is 0 Å². The molecule has 0 saturated carbocycles. The fourth-order valence-electron chi connectivity index (χ4n) is 7.58. The van der Waals surface area contributed by atoms with Gasteiger partial charge in [-0.2, -0.15) is 13.2 Å². The van der Waals surface area contributed by atoms with Crippen molar-refractivity contribution in [2.75, 3.05) is 32.8 Å². The molecule has 2 atom stereocenters. The number of benzene rings is 2. The van der Waals surface area contributed by atoms with Gasteiger partial charge in [-0.3, -0.25) is 14.4 Å². The molecule has 1 unspecified atom stereocenters. The van der Waals surface area contributed by atoms with E-state index in [1.54, 1.807) is 0 Å². The molecule has 51 heavy (non-hydrogen) atoms. The van der Waals surface area contributed by atoms with Crippen molar-refractivity contribution in [2.45, 2.75) is 90.9 Å². The van der Waals surface area contributed by atoms with Crippen LogP contribution in [0.15, 0.2) is 41.3 Å². The van der Waals surface area contributed by atoms with Gasteiger partial charge in [0.2, 0.25) is 5.91 Å². The predicted molar refractivity (Wildman–Crippen MR) is 186 cm³/mol. The quantitative estimate of drug-likeness (QED) is 0.197. The van der Waals surface area contributed by atoms with E-state index in [0.717, 1.165) is 69.8 Å². The standard InChI is InChI=1S/C39H47F4N3O5/c1-23(2)15-34(46-22-27(32(20-35(46)47)39(41,42)43)9-11-45-10-6-13-51-14-12-45)38(50)44-33(21-36(48)49)28-18-26-7-5-8-30(26)31(19-28)37-24(3)16-29(40)17-25(37)4/h16-20,22-23,33-34H,5-15,21H2,1-4H3,(H,44,50)(H,48,49)/t33?,34-/m0/s1. The highest BCUT2D eigenvalue weighted by Gasteiger charge is 2.36. The fourth-order valence-corrected chi connectivity index (χ4v) is 7.58. The van der Waals surface area contributed by atoms with E-state index in [1.807, 2.05) is 44.7 Å². The number of fused-ring (bicyclic) bond motifs is 1. The van der Waals surface area contributed by atoms with E-state index in [9.17, 15) is 37.1 Å². The Kier molecular flexibility index (Phi) is 12.1. The Morgan fingerprint density at radius 2 is 1.73 bits per heavy atom. The van der Waals surface area contributed by atoms with Crippen LogP contribution in [-0.2, 0) is 39.8 Å². The summed E-state index contributed by atoms with van der Waals surface area (Å²) in [6.45, 7) is 9.97. The van der Waals surface area contributed by atoms with E-state index in [4.69, 9.17) is 4.74 Å². The first-order valence-electron chi connectivity index (χ1n) is 17.7. The third kappa shape index (κ3) is 9.26. The number of ether oxygens (including phenoxy) is 1. The molecule has 2 aliphatic rings. The number of aromatic nitrogens is 1. The lowest BCUT2D eigenvalue weighted by Crippen LogP contribution is -2.40. The Bertz CT molecular complexity index is 1790. The highest BCUT2D eigenvalue weighted by molar-refractivity contribution is 5.82. The zero-order valence-corrected chi connectivity index (χ0v) is 29.7. The largest absolute Gasteiger partial charge is 0.481 e. The number of hydrogen-bond donors (Lipinski definition) is 2.